The van der Waals surface area contributed by atoms with E-state index in [1.807, 2.05) is 0 Å². The maximum Gasteiger partial charge on any atom is 0.0297 e. The molecule has 1 aromatic rings. The van der Waals surface area contributed by atoms with Gasteiger partial charge in [0.25, 0.3) is 0 Å². The number of rotatable bonds is 5. The predicted molar refractivity (Wildman–Crippen MR) is 85.1 cm³/mol. The molecule has 0 aliphatic carbocycles. The molecule has 108 valence electrons. The third kappa shape index (κ3) is 5.36. The molecule has 0 radical (unpaired) electrons. The molecule has 0 saturated carbocycles. The van der Waals surface area contributed by atoms with Gasteiger partial charge < -0.3 is 5.73 Å². The summed E-state index contributed by atoms with van der Waals surface area (Å²) in [4.78, 5) is 0. The minimum atomic E-state index is 0.155. The molecule has 0 aliphatic rings. The van der Waals surface area contributed by atoms with Crippen LogP contribution in [0.5, 0.6) is 0 Å². The molecule has 0 saturated heterocycles. The molecule has 0 aliphatic heterocycles. The van der Waals surface area contributed by atoms with Crippen molar-refractivity contribution in [2.24, 2.45) is 23.0 Å². The van der Waals surface area contributed by atoms with Crippen LogP contribution in [0.2, 0.25) is 0 Å². The van der Waals surface area contributed by atoms with Gasteiger partial charge in [-0.3, -0.25) is 0 Å². The van der Waals surface area contributed by atoms with Gasteiger partial charge in [-0.15, -0.1) is 0 Å². The molecule has 1 rings (SSSR count). The molecule has 2 N–H and O–H groups in total. The molecule has 1 aromatic carbocycles. The van der Waals surface area contributed by atoms with Crippen molar-refractivity contribution in [3.8, 4) is 0 Å². The first-order valence-corrected chi connectivity index (χ1v) is 7.54. The summed E-state index contributed by atoms with van der Waals surface area (Å²) in [5, 5.41) is 0. The van der Waals surface area contributed by atoms with E-state index < -0.39 is 0 Å². The van der Waals surface area contributed by atoms with Crippen LogP contribution in [0.15, 0.2) is 24.3 Å². The zero-order valence-corrected chi connectivity index (χ0v) is 13.5. The van der Waals surface area contributed by atoms with Crippen LogP contribution in [-0.4, -0.2) is 0 Å². The van der Waals surface area contributed by atoms with Gasteiger partial charge in [-0.2, -0.15) is 0 Å². The molecule has 0 aromatic heterocycles. The van der Waals surface area contributed by atoms with Crippen molar-refractivity contribution in [2.75, 3.05) is 0 Å². The number of nitrogens with two attached hydrogens (primary N) is 1. The first-order valence-electron chi connectivity index (χ1n) is 7.54. The maximum absolute atomic E-state index is 6.34. The van der Waals surface area contributed by atoms with E-state index >= 15 is 0 Å². The Hall–Kier alpha value is -0.820. The van der Waals surface area contributed by atoms with Crippen molar-refractivity contribution in [3.05, 3.63) is 35.4 Å². The highest BCUT2D eigenvalue weighted by Crippen LogP contribution is 2.32. The average molecular weight is 261 g/mol. The number of hydrogen-bond acceptors (Lipinski definition) is 1. The van der Waals surface area contributed by atoms with Gasteiger partial charge in [-0.25, -0.2) is 0 Å². The van der Waals surface area contributed by atoms with E-state index in [0.29, 0.717) is 17.3 Å². The number of benzene rings is 1. The Kier molecular flexibility index (Phi) is 5.61. The summed E-state index contributed by atoms with van der Waals surface area (Å²) < 4.78 is 0. The van der Waals surface area contributed by atoms with Crippen molar-refractivity contribution in [2.45, 2.75) is 60.4 Å². The van der Waals surface area contributed by atoms with Gasteiger partial charge in [0.2, 0.25) is 0 Å². The monoisotopic (exact) mass is 261 g/mol. The Morgan fingerprint density at radius 2 is 1.53 bits per heavy atom. The molecule has 0 fully saturated rings. The Morgan fingerprint density at radius 1 is 1.00 bits per heavy atom. The lowest BCUT2D eigenvalue weighted by atomic mass is 9.78. The van der Waals surface area contributed by atoms with E-state index in [1.165, 1.54) is 11.1 Å². The lowest BCUT2D eigenvalue weighted by molar-refractivity contribution is 0.234. The molecule has 2 atom stereocenters. The van der Waals surface area contributed by atoms with E-state index in [1.54, 1.807) is 0 Å². The minimum Gasteiger partial charge on any atom is -0.324 e. The van der Waals surface area contributed by atoms with E-state index in [0.717, 1.165) is 12.8 Å². The van der Waals surface area contributed by atoms with Gasteiger partial charge in [0.05, 0.1) is 0 Å². The van der Waals surface area contributed by atoms with Crippen molar-refractivity contribution >= 4 is 0 Å². The Labute approximate surface area is 119 Å². The van der Waals surface area contributed by atoms with E-state index in [4.69, 9.17) is 5.73 Å². The fourth-order valence-electron chi connectivity index (χ4n) is 2.24. The highest BCUT2D eigenvalue weighted by atomic mass is 14.6. The lowest BCUT2D eigenvalue weighted by Gasteiger charge is -2.29. The van der Waals surface area contributed by atoms with Gasteiger partial charge in [-0.05, 0) is 41.2 Å². The highest BCUT2D eigenvalue weighted by molar-refractivity contribution is 5.25. The van der Waals surface area contributed by atoms with Crippen molar-refractivity contribution in [1.82, 2.24) is 0 Å². The quantitative estimate of drug-likeness (QED) is 0.796. The van der Waals surface area contributed by atoms with Gasteiger partial charge in [-0.1, -0.05) is 65.8 Å². The molecule has 19 heavy (non-hydrogen) atoms. The average Bonchev–Trinajstić information content (AvgIpc) is 2.27. The van der Waals surface area contributed by atoms with E-state index in [9.17, 15) is 0 Å². The van der Waals surface area contributed by atoms with Gasteiger partial charge in [0.15, 0.2) is 0 Å². The summed E-state index contributed by atoms with van der Waals surface area (Å²) in [7, 11) is 0. The molecular weight excluding hydrogens is 230 g/mol. The standard InChI is InChI=1S/C18H31N/c1-13(2)11-15-7-9-16(10-8-15)17(19)12-14(3)18(4,5)6/h7-10,13-14,17H,11-12,19H2,1-6H3. The van der Waals surface area contributed by atoms with Crippen LogP contribution < -0.4 is 5.73 Å². The smallest absolute Gasteiger partial charge is 0.0297 e. The minimum absolute atomic E-state index is 0.155. The first-order chi connectivity index (χ1) is 8.70. The van der Waals surface area contributed by atoms with Crippen LogP contribution in [0.3, 0.4) is 0 Å². The van der Waals surface area contributed by atoms with Crippen LogP contribution in [0.4, 0.5) is 0 Å². The second-order valence-electron chi connectivity index (χ2n) is 7.45. The van der Waals surface area contributed by atoms with Gasteiger partial charge in [0, 0.05) is 6.04 Å². The maximum atomic E-state index is 6.34. The zero-order chi connectivity index (χ0) is 14.6. The Balaban J connectivity index is 2.65. The Bertz CT molecular complexity index is 370. The fourth-order valence-corrected chi connectivity index (χ4v) is 2.24. The first kappa shape index (κ1) is 16.2. The molecule has 1 heteroatoms. The third-order valence-corrected chi connectivity index (χ3v) is 4.14. The summed E-state index contributed by atoms with van der Waals surface area (Å²) >= 11 is 0. The molecule has 0 bridgehead atoms. The van der Waals surface area contributed by atoms with Crippen molar-refractivity contribution in [3.63, 3.8) is 0 Å². The third-order valence-electron chi connectivity index (χ3n) is 4.14. The summed E-state index contributed by atoms with van der Waals surface area (Å²) in [6.07, 6.45) is 2.20. The topological polar surface area (TPSA) is 26.0 Å². The normalized spacial score (nSPS) is 15.6. The lowest BCUT2D eigenvalue weighted by Crippen LogP contribution is -2.23. The second kappa shape index (κ2) is 6.56. The van der Waals surface area contributed by atoms with Crippen LogP contribution in [0.25, 0.3) is 0 Å². The summed E-state index contributed by atoms with van der Waals surface area (Å²) in [6, 6.07) is 9.03. The van der Waals surface area contributed by atoms with Crippen LogP contribution in [-0.2, 0) is 6.42 Å². The van der Waals surface area contributed by atoms with Crippen LogP contribution in [0, 0.1) is 17.3 Å². The molecule has 1 nitrogen and oxygen atoms in total. The summed E-state index contributed by atoms with van der Waals surface area (Å²) in [5.74, 6) is 1.33. The molecular formula is C18H31N. The van der Waals surface area contributed by atoms with Crippen LogP contribution >= 0.6 is 0 Å². The second-order valence-corrected chi connectivity index (χ2v) is 7.45. The van der Waals surface area contributed by atoms with Gasteiger partial charge >= 0.3 is 0 Å². The van der Waals surface area contributed by atoms with E-state index in [2.05, 4.69) is 65.8 Å². The SMILES string of the molecule is CC(C)Cc1ccc(C(N)CC(C)C(C)(C)C)cc1. The van der Waals surface area contributed by atoms with Gasteiger partial charge in [0.1, 0.15) is 0 Å². The Morgan fingerprint density at radius 3 is 1.95 bits per heavy atom. The fraction of sp³-hybridized carbons (Fsp3) is 0.667. The predicted octanol–water partition coefficient (Wildman–Crippen LogP) is 4.96. The van der Waals surface area contributed by atoms with Crippen molar-refractivity contribution < 1.29 is 0 Å². The molecule has 0 heterocycles. The van der Waals surface area contributed by atoms with Crippen LogP contribution in [0.1, 0.15) is 65.1 Å². The summed E-state index contributed by atoms with van der Waals surface area (Å²) in [6.45, 7) is 13.7. The zero-order valence-electron chi connectivity index (χ0n) is 13.5. The molecule has 0 amide bonds. The van der Waals surface area contributed by atoms with E-state index in [-0.39, 0.29) is 6.04 Å². The number of hydrogen-bond donors (Lipinski definition) is 1. The molecule has 0 spiro atoms. The highest BCUT2D eigenvalue weighted by Gasteiger charge is 2.22. The van der Waals surface area contributed by atoms with Crippen molar-refractivity contribution in [1.29, 1.82) is 0 Å². The largest absolute Gasteiger partial charge is 0.324 e. The summed E-state index contributed by atoms with van der Waals surface area (Å²) in [5.41, 5.74) is 9.35. The molecule has 2 unspecified atom stereocenters.